The van der Waals surface area contributed by atoms with Gasteiger partial charge in [0.25, 0.3) is 5.91 Å². The normalized spacial score (nSPS) is 13.0. The quantitative estimate of drug-likeness (QED) is 0.738. The molecule has 0 saturated carbocycles. The number of nitrogen functional groups attached to an aromatic ring is 1. The Labute approximate surface area is 133 Å². The minimum absolute atomic E-state index is 0.0502. The molecule has 1 amide bonds. The van der Waals surface area contributed by atoms with E-state index in [1.165, 1.54) is 7.11 Å². The molecule has 0 fully saturated rings. The van der Waals surface area contributed by atoms with Gasteiger partial charge < -0.3 is 25.6 Å². The minimum atomic E-state index is -0.363. The topological polar surface area (TPSA) is 96.0 Å². The van der Waals surface area contributed by atoms with E-state index < -0.39 is 0 Å². The highest BCUT2D eigenvalue weighted by Crippen LogP contribution is 2.39. The van der Waals surface area contributed by atoms with Crippen LogP contribution >= 0.6 is 0 Å². The summed E-state index contributed by atoms with van der Waals surface area (Å²) < 4.78 is 5.23. The molecular weight excluding hydrogens is 296 g/mol. The van der Waals surface area contributed by atoms with Gasteiger partial charge in [0, 0.05) is 30.4 Å². The smallest absolute Gasteiger partial charge is 0.262 e. The highest BCUT2D eigenvalue weighted by Gasteiger charge is 2.30. The van der Waals surface area contributed by atoms with Crippen LogP contribution in [0.5, 0.6) is 17.2 Å². The van der Waals surface area contributed by atoms with Crippen LogP contribution in [0, 0.1) is 6.92 Å². The van der Waals surface area contributed by atoms with E-state index in [4.69, 9.17) is 10.5 Å². The predicted octanol–water partition coefficient (Wildman–Crippen LogP) is 2.15. The maximum Gasteiger partial charge on any atom is 0.262 e. The molecule has 0 spiro atoms. The van der Waals surface area contributed by atoms with Crippen LogP contribution in [0.15, 0.2) is 24.3 Å². The van der Waals surface area contributed by atoms with Crippen molar-refractivity contribution in [3.8, 4) is 17.2 Å². The Hall–Kier alpha value is -2.89. The molecule has 2 aromatic rings. The molecule has 0 bridgehead atoms. The molecule has 0 saturated heterocycles. The van der Waals surface area contributed by atoms with Crippen molar-refractivity contribution in [2.45, 2.75) is 20.0 Å². The molecule has 120 valence electrons. The molecule has 1 aliphatic heterocycles. The lowest BCUT2D eigenvalue weighted by Gasteiger charge is -2.20. The molecule has 2 aromatic carbocycles. The fraction of sp³-hybridized carbons (Fsp3) is 0.235. The fourth-order valence-electron chi connectivity index (χ4n) is 2.94. The van der Waals surface area contributed by atoms with E-state index in [0.29, 0.717) is 24.3 Å². The van der Waals surface area contributed by atoms with Crippen molar-refractivity contribution >= 4 is 11.6 Å². The first-order valence-corrected chi connectivity index (χ1v) is 7.19. The van der Waals surface area contributed by atoms with Gasteiger partial charge in [-0.3, -0.25) is 4.79 Å². The second-order valence-electron chi connectivity index (χ2n) is 5.59. The molecule has 6 heteroatoms. The third kappa shape index (κ3) is 2.32. The number of aromatic hydroxyl groups is 2. The van der Waals surface area contributed by atoms with Gasteiger partial charge in [0.1, 0.15) is 22.8 Å². The Morgan fingerprint density at radius 3 is 2.65 bits per heavy atom. The van der Waals surface area contributed by atoms with Crippen LogP contribution in [0.4, 0.5) is 5.69 Å². The number of nitrogens with two attached hydrogens (primary N) is 1. The Morgan fingerprint density at radius 1 is 1.26 bits per heavy atom. The Bertz CT molecular complexity index is 802. The number of fused-ring (bicyclic) bond motifs is 1. The summed E-state index contributed by atoms with van der Waals surface area (Å²) in [5, 5.41) is 19.9. The van der Waals surface area contributed by atoms with E-state index in [9.17, 15) is 15.0 Å². The Morgan fingerprint density at radius 2 is 2.00 bits per heavy atom. The number of nitrogens with zero attached hydrogens (tertiary/aromatic N) is 1. The summed E-state index contributed by atoms with van der Waals surface area (Å²) in [4.78, 5) is 14.4. The van der Waals surface area contributed by atoms with Crippen LogP contribution in [0.25, 0.3) is 0 Å². The van der Waals surface area contributed by atoms with Crippen LogP contribution in [-0.4, -0.2) is 28.1 Å². The molecule has 4 N–H and O–H groups in total. The zero-order valence-electron chi connectivity index (χ0n) is 13.0. The number of amides is 1. The van der Waals surface area contributed by atoms with Crippen molar-refractivity contribution in [1.29, 1.82) is 0 Å². The predicted molar refractivity (Wildman–Crippen MR) is 85.5 cm³/mol. The number of methoxy groups -OCH3 is 1. The molecule has 0 aliphatic carbocycles. The van der Waals surface area contributed by atoms with E-state index in [1.54, 1.807) is 17.9 Å². The number of hydrogen-bond donors (Lipinski definition) is 3. The summed E-state index contributed by atoms with van der Waals surface area (Å²) in [5.41, 5.74) is 8.98. The Balaban J connectivity index is 2.00. The van der Waals surface area contributed by atoms with Gasteiger partial charge in [0.15, 0.2) is 0 Å². The van der Waals surface area contributed by atoms with Gasteiger partial charge in [-0.25, -0.2) is 0 Å². The molecule has 23 heavy (non-hydrogen) atoms. The van der Waals surface area contributed by atoms with Crippen molar-refractivity contribution in [1.82, 2.24) is 4.90 Å². The van der Waals surface area contributed by atoms with Crippen molar-refractivity contribution in [3.05, 3.63) is 46.5 Å². The minimum Gasteiger partial charge on any atom is -0.507 e. The van der Waals surface area contributed by atoms with Gasteiger partial charge in [-0.1, -0.05) is 12.1 Å². The number of phenols is 2. The lowest BCUT2D eigenvalue weighted by Crippen LogP contribution is -2.26. The second kappa shape index (κ2) is 5.39. The first-order valence-electron chi connectivity index (χ1n) is 7.19. The van der Waals surface area contributed by atoms with E-state index >= 15 is 0 Å². The van der Waals surface area contributed by atoms with Gasteiger partial charge in [0.2, 0.25) is 0 Å². The summed E-state index contributed by atoms with van der Waals surface area (Å²) in [5.74, 6) is -0.613. The van der Waals surface area contributed by atoms with Crippen molar-refractivity contribution in [3.63, 3.8) is 0 Å². The summed E-state index contributed by atoms with van der Waals surface area (Å²) in [6, 6.07) is 6.74. The number of anilines is 1. The molecular formula is C17H18N2O4. The molecule has 0 atom stereocenters. The zero-order valence-corrected chi connectivity index (χ0v) is 13.0. The molecule has 0 aromatic heterocycles. The molecule has 1 aliphatic rings. The van der Waals surface area contributed by atoms with E-state index in [1.807, 2.05) is 12.1 Å². The summed E-state index contributed by atoms with van der Waals surface area (Å²) in [6.07, 6.45) is 0. The average molecular weight is 314 g/mol. The molecule has 1 heterocycles. The standard InChI is InChI=1S/C17H18N2O4/c1-9-13(20)6-14(21)15(16(9)23-2)17(22)19-7-10-4-3-5-12(18)11(10)8-19/h3-6,20-21H,7-8,18H2,1-2H3. The van der Waals surface area contributed by atoms with Gasteiger partial charge in [-0.05, 0) is 24.1 Å². The highest BCUT2D eigenvalue weighted by atomic mass is 16.5. The average Bonchev–Trinajstić information content (AvgIpc) is 2.95. The van der Waals surface area contributed by atoms with Crippen LogP contribution in [0.3, 0.4) is 0 Å². The summed E-state index contributed by atoms with van der Waals surface area (Å²) in [7, 11) is 1.40. The molecule has 0 radical (unpaired) electrons. The van der Waals surface area contributed by atoms with Crippen LogP contribution in [0.2, 0.25) is 0 Å². The SMILES string of the molecule is COc1c(C)c(O)cc(O)c1C(=O)N1Cc2cccc(N)c2C1. The zero-order chi connectivity index (χ0) is 16.7. The maximum atomic E-state index is 12.9. The van der Waals surface area contributed by atoms with Crippen LogP contribution in [-0.2, 0) is 13.1 Å². The number of phenolic OH excluding ortho intramolecular Hbond substituents is 2. The number of carbonyl (C=O) groups is 1. The van der Waals surface area contributed by atoms with Gasteiger partial charge >= 0.3 is 0 Å². The van der Waals surface area contributed by atoms with Crippen LogP contribution < -0.4 is 10.5 Å². The van der Waals surface area contributed by atoms with Crippen molar-refractivity contribution in [2.75, 3.05) is 12.8 Å². The third-order valence-electron chi connectivity index (χ3n) is 4.21. The van der Waals surface area contributed by atoms with E-state index in [2.05, 4.69) is 0 Å². The van der Waals surface area contributed by atoms with Gasteiger partial charge in [0.05, 0.1) is 7.11 Å². The summed E-state index contributed by atoms with van der Waals surface area (Å²) in [6.45, 7) is 2.42. The number of benzene rings is 2. The number of hydrogen-bond acceptors (Lipinski definition) is 5. The van der Waals surface area contributed by atoms with Crippen molar-refractivity contribution < 1.29 is 19.7 Å². The highest BCUT2D eigenvalue weighted by molar-refractivity contribution is 6.00. The largest absolute Gasteiger partial charge is 0.507 e. The Kier molecular flexibility index (Phi) is 3.52. The lowest BCUT2D eigenvalue weighted by molar-refractivity contribution is 0.0744. The lowest BCUT2D eigenvalue weighted by atomic mass is 10.1. The maximum absolute atomic E-state index is 12.9. The number of carbonyl (C=O) groups excluding carboxylic acids is 1. The van der Waals surface area contributed by atoms with Gasteiger partial charge in [-0.15, -0.1) is 0 Å². The molecule has 6 nitrogen and oxygen atoms in total. The monoisotopic (exact) mass is 314 g/mol. The molecule has 3 rings (SSSR count). The number of ether oxygens (including phenoxy) is 1. The van der Waals surface area contributed by atoms with Crippen molar-refractivity contribution in [2.24, 2.45) is 0 Å². The fourth-order valence-corrected chi connectivity index (χ4v) is 2.94. The van der Waals surface area contributed by atoms with E-state index in [-0.39, 0.29) is 28.7 Å². The first kappa shape index (κ1) is 15.0. The summed E-state index contributed by atoms with van der Waals surface area (Å²) >= 11 is 0. The first-order chi connectivity index (χ1) is 10.9. The molecule has 0 unspecified atom stereocenters. The van der Waals surface area contributed by atoms with Crippen LogP contribution in [0.1, 0.15) is 27.0 Å². The van der Waals surface area contributed by atoms with Gasteiger partial charge in [-0.2, -0.15) is 0 Å². The third-order valence-corrected chi connectivity index (χ3v) is 4.21. The number of rotatable bonds is 2. The second-order valence-corrected chi connectivity index (χ2v) is 5.59. The van der Waals surface area contributed by atoms with E-state index in [0.717, 1.165) is 17.2 Å².